The van der Waals surface area contributed by atoms with E-state index >= 15 is 0 Å². The number of rotatable bonds is 6. The summed E-state index contributed by atoms with van der Waals surface area (Å²) >= 11 is 0. The molecule has 1 spiro atoms. The number of ether oxygens (including phenoxy) is 3. The normalized spacial score (nSPS) is 25.6. The van der Waals surface area contributed by atoms with Gasteiger partial charge in [-0.3, -0.25) is 9.48 Å². The Kier molecular flexibility index (Phi) is 6.18. The zero-order valence-electron chi connectivity index (χ0n) is 17.4. The quantitative estimate of drug-likeness (QED) is 0.743. The first-order chi connectivity index (χ1) is 13.6. The van der Waals surface area contributed by atoms with E-state index in [2.05, 4.69) is 18.5 Å². The molecule has 1 aliphatic carbocycles. The first kappa shape index (κ1) is 20.0. The molecule has 0 aromatic carbocycles. The van der Waals surface area contributed by atoms with Crippen LogP contribution in [0.4, 0.5) is 0 Å². The van der Waals surface area contributed by atoms with Gasteiger partial charge in [-0.2, -0.15) is 5.10 Å². The number of aryl methyl sites for hydroxylation is 1. The number of aromatic nitrogens is 2. The number of fused-ring (bicyclic) bond motifs is 1. The van der Waals surface area contributed by atoms with Crippen LogP contribution in [0, 0.1) is 11.3 Å². The van der Waals surface area contributed by atoms with Crippen molar-refractivity contribution in [2.24, 2.45) is 11.3 Å². The number of nitrogens with zero attached hydrogens (tertiary/aromatic N) is 2. The van der Waals surface area contributed by atoms with Gasteiger partial charge < -0.3 is 14.2 Å². The zero-order valence-corrected chi connectivity index (χ0v) is 17.4. The van der Waals surface area contributed by atoms with E-state index in [4.69, 9.17) is 19.3 Å². The summed E-state index contributed by atoms with van der Waals surface area (Å²) < 4.78 is 19.3. The van der Waals surface area contributed by atoms with Crippen molar-refractivity contribution < 1.29 is 19.0 Å². The van der Waals surface area contributed by atoms with Gasteiger partial charge in [0.2, 0.25) is 0 Å². The van der Waals surface area contributed by atoms with Gasteiger partial charge in [0.25, 0.3) is 0 Å². The van der Waals surface area contributed by atoms with Gasteiger partial charge in [-0.05, 0) is 56.3 Å². The fourth-order valence-corrected chi connectivity index (χ4v) is 4.92. The number of carbonyl (C=O) groups is 1. The summed E-state index contributed by atoms with van der Waals surface area (Å²) in [6, 6.07) is 0. The average molecular weight is 391 g/mol. The zero-order chi connectivity index (χ0) is 19.6. The van der Waals surface area contributed by atoms with Crippen LogP contribution in [0.25, 0.3) is 0 Å². The van der Waals surface area contributed by atoms with Crippen molar-refractivity contribution in [2.45, 2.75) is 78.0 Å². The Hall–Kier alpha value is -1.24. The molecule has 28 heavy (non-hydrogen) atoms. The van der Waals surface area contributed by atoms with Crippen LogP contribution in [0.3, 0.4) is 0 Å². The van der Waals surface area contributed by atoms with Gasteiger partial charge in [-0.25, -0.2) is 0 Å². The highest BCUT2D eigenvalue weighted by atomic mass is 16.7. The summed E-state index contributed by atoms with van der Waals surface area (Å²) in [5, 5.41) is 4.85. The summed E-state index contributed by atoms with van der Waals surface area (Å²) in [6.45, 7) is 8.07. The van der Waals surface area contributed by atoms with E-state index < -0.39 is 0 Å². The summed E-state index contributed by atoms with van der Waals surface area (Å²) in [4.78, 5) is 13.0. The molecule has 2 unspecified atom stereocenters. The molecule has 0 saturated carbocycles. The molecule has 2 saturated heterocycles. The third-order valence-corrected chi connectivity index (χ3v) is 6.56. The summed E-state index contributed by atoms with van der Waals surface area (Å²) in [5.74, 6) is 0.604. The van der Waals surface area contributed by atoms with Crippen LogP contribution in [0.1, 0.15) is 74.1 Å². The molecule has 4 rings (SSSR count). The fourth-order valence-electron chi connectivity index (χ4n) is 4.92. The lowest BCUT2D eigenvalue weighted by Gasteiger charge is -2.39. The second kappa shape index (κ2) is 8.64. The molecule has 0 N–H and O–H groups in total. The molecule has 3 aliphatic rings. The number of hydrogen-bond acceptors (Lipinski definition) is 5. The summed E-state index contributed by atoms with van der Waals surface area (Å²) in [5.41, 5.74) is 3.09. The van der Waals surface area contributed by atoms with Crippen molar-refractivity contribution in [1.82, 2.24) is 9.78 Å². The molecule has 2 atom stereocenters. The topological polar surface area (TPSA) is 62.6 Å². The van der Waals surface area contributed by atoms with Crippen molar-refractivity contribution in [3.63, 3.8) is 0 Å². The van der Waals surface area contributed by atoms with E-state index in [1.165, 1.54) is 6.42 Å². The van der Waals surface area contributed by atoms with E-state index in [-0.39, 0.29) is 17.5 Å². The van der Waals surface area contributed by atoms with Crippen LogP contribution in [-0.4, -0.2) is 48.3 Å². The van der Waals surface area contributed by atoms with E-state index in [0.29, 0.717) is 18.9 Å². The highest BCUT2D eigenvalue weighted by Crippen LogP contribution is 2.44. The predicted octanol–water partition coefficient (Wildman–Crippen LogP) is 3.55. The molecular formula is C22H34N2O4. The van der Waals surface area contributed by atoms with Gasteiger partial charge in [0, 0.05) is 32.8 Å². The Bertz CT molecular complexity index is 687. The summed E-state index contributed by atoms with van der Waals surface area (Å²) in [6.07, 6.45) is 7.60. The second-order valence-electron chi connectivity index (χ2n) is 8.93. The van der Waals surface area contributed by atoms with E-state index in [1.54, 1.807) is 0 Å². The molecule has 1 aromatic heterocycles. The Morgan fingerprint density at radius 1 is 1.25 bits per heavy atom. The molecule has 156 valence electrons. The maximum absolute atomic E-state index is 13.0. The van der Waals surface area contributed by atoms with Gasteiger partial charge in [0.1, 0.15) is 0 Å². The van der Waals surface area contributed by atoms with Gasteiger partial charge in [-0.1, -0.05) is 13.8 Å². The minimum absolute atomic E-state index is 0.0546. The lowest BCUT2D eigenvalue weighted by Crippen LogP contribution is -2.38. The maximum Gasteiger partial charge on any atom is 0.167 e. The van der Waals surface area contributed by atoms with E-state index in [0.717, 1.165) is 81.8 Å². The maximum atomic E-state index is 13.0. The average Bonchev–Trinajstić information content (AvgIpc) is 3.05. The van der Waals surface area contributed by atoms with Gasteiger partial charge >= 0.3 is 0 Å². The number of hydrogen-bond donors (Lipinski definition) is 0. The van der Waals surface area contributed by atoms with Crippen LogP contribution in [0.5, 0.6) is 0 Å². The molecule has 0 radical (unpaired) electrons. The first-order valence-corrected chi connectivity index (χ1v) is 11.0. The molecule has 0 amide bonds. The highest BCUT2D eigenvalue weighted by Gasteiger charge is 2.42. The Balaban J connectivity index is 1.47. The van der Waals surface area contributed by atoms with Crippen molar-refractivity contribution >= 4 is 5.78 Å². The number of ketones is 1. The Morgan fingerprint density at radius 3 is 2.79 bits per heavy atom. The first-order valence-electron chi connectivity index (χ1n) is 11.0. The molecule has 2 aliphatic heterocycles. The molecule has 0 bridgehead atoms. The lowest BCUT2D eigenvalue weighted by molar-refractivity contribution is -0.168. The van der Waals surface area contributed by atoms with Crippen LogP contribution in [0.15, 0.2) is 0 Å². The van der Waals surface area contributed by atoms with Crippen molar-refractivity contribution in [3.05, 3.63) is 17.0 Å². The summed E-state index contributed by atoms with van der Waals surface area (Å²) in [7, 11) is 0. The Morgan fingerprint density at radius 2 is 2.07 bits per heavy atom. The lowest BCUT2D eigenvalue weighted by atomic mass is 9.68. The second-order valence-corrected chi connectivity index (χ2v) is 8.93. The molecule has 6 heteroatoms. The molecule has 6 nitrogen and oxygen atoms in total. The minimum atomic E-state index is -0.0546. The largest absolute Gasteiger partial charge is 0.381 e. The van der Waals surface area contributed by atoms with Crippen molar-refractivity contribution in [3.8, 4) is 0 Å². The van der Waals surface area contributed by atoms with E-state index in [1.807, 2.05) is 0 Å². The van der Waals surface area contributed by atoms with Crippen molar-refractivity contribution in [2.75, 3.05) is 26.4 Å². The third kappa shape index (κ3) is 4.19. The van der Waals surface area contributed by atoms with Crippen LogP contribution in [0.2, 0.25) is 0 Å². The molecule has 2 fully saturated rings. The Labute approximate surface area is 167 Å². The van der Waals surface area contributed by atoms with E-state index in [9.17, 15) is 4.79 Å². The van der Waals surface area contributed by atoms with Crippen LogP contribution < -0.4 is 0 Å². The predicted molar refractivity (Wildman–Crippen MR) is 105 cm³/mol. The highest BCUT2D eigenvalue weighted by molar-refractivity contribution is 5.99. The van der Waals surface area contributed by atoms with Gasteiger partial charge in [0.05, 0.1) is 23.6 Å². The monoisotopic (exact) mass is 390 g/mol. The van der Waals surface area contributed by atoms with Gasteiger partial charge in [-0.15, -0.1) is 0 Å². The van der Waals surface area contributed by atoms with Gasteiger partial charge in [0.15, 0.2) is 12.1 Å². The number of carbonyl (C=O) groups excluding carboxylic acids is 1. The fraction of sp³-hybridized carbons (Fsp3) is 0.818. The van der Waals surface area contributed by atoms with Crippen LogP contribution >= 0.6 is 0 Å². The minimum Gasteiger partial charge on any atom is -0.381 e. The molecule has 3 heterocycles. The van der Waals surface area contributed by atoms with Crippen molar-refractivity contribution in [1.29, 1.82) is 0 Å². The number of Topliss-reactive ketones (excluding diaryl/α,β-unsaturated/α-hetero) is 1. The molecular weight excluding hydrogens is 356 g/mol. The molecule has 1 aromatic rings. The smallest absolute Gasteiger partial charge is 0.167 e. The standard InChI is InChI=1S/C22H34N2O4/c1-3-17-21-18(12-22(13-19(21)25)7-10-26-11-8-22)24(23-17)14-16(2)15-28-20-6-4-5-9-27-20/h16,20H,3-15H2,1-2H3. The third-order valence-electron chi connectivity index (χ3n) is 6.56. The van der Waals surface area contributed by atoms with Crippen LogP contribution in [-0.2, 0) is 33.6 Å². The SMILES string of the molecule is CCc1nn(CC(C)COC2CCCCO2)c2c1C(=O)CC1(CCOCC1)C2.